The topological polar surface area (TPSA) is 60.7 Å². The summed E-state index contributed by atoms with van der Waals surface area (Å²) >= 11 is 0. The number of hydrogen-bond donors (Lipinski definition) is 0. The molecule has 0 saturated carbocycles. The maximum absolute atomic E-state index is 8.88. The summed E-state index contributed by atoms with van der Waals surface area (Å²) in [5, 5.41) is 8.88. The smallest absolute Gasteiger partial charge is 0.323 e. The molecule has 6 heteroatoms. The van der Waals surface area contributed by atoms with Crippen LogP contribution in [0, 0.1) is 11.3 Å². The zero-order valence-corrected chi connectivity index (χ0v) is 15.7. The summed E-state index contributed by atoms with van der Waals surface area (Å²) < 4.78 is 22.6. The first-order valence-electron chi connectivity index (χ1n) is 8.64. The van der Waals surface area contributed by atoms with Crippen LogP contribution >= 0.6 is 0 Å². The normalized spacial score (nSPS) is 11.7. The average Bonchev–Trinajstić information content (AvgIpc) is 2.67. The zero-order chi connectivity index (χ0) is 18.9. The summed E-state index contributed by atoms with van der Waals surface area (Å²) in [6, 6.07) is 14.9. The van der Waals surface area contributed by atoms with Crippen molar-refractivity contribution >= 4 is 12.4 Å². The molecule has 26 heavy (non-hydrogen) atoms. The molecule has 0 saturated heterocycles. The predicted octanol–water partition coefficient (Wildman–Crippen LogP) is 3.72. The van der Waals surface area contributed by atoms with Crippen LogP contribution in [0.4, 0.5) is 0 Å². The molecule has 0 amide bonds. The first-order chi connectivity index (χ1) is 12.6. The number of benzene rings is 2. The lowest BCUT2D eigenvalue weighted by Gasteiger charge is -2.18. The van der Waals surface area contributed by atoms with Gasteiger partial charge in [0.2, 0.25) is 0 Å². The molecule has 2 aromatic carbocycles. The van der Waals surface area contributed by atoms with Gasteiger partial charge in [0.15, 0.2) is 6.29 Å². The van der Waals surface area contributed by atoms with Gasteiger partial charge in [-0.1, -0.05) is 12.9 Å². The molecule has 0 aliphatic rings. The van der Waals surface area contributed by atoms with Gasteiger partial charge in [-0.15, -0.1) is 0 Å². The van der Waals surface area contributed by atoms with Crippen LogP contribution in [-0.2, 0) is 20.7 Å². The Kier molecular flexibility index (Phi) is 7.67. The third-order valence-corrected chi connectivity index (χ3v) is 4.00. The molecule has 0 spiro atoms. The van der Waals surface area contributed by atoms with Crippen LogP contribution in [0.2, 0.25) is 6.82 Å². The van der Waals surface area contributed by atoms with E-state index >= 15 is 0 Å². The second kappa shape index (κ2) is 9.98. The van der Waals surface area contributed by atoms with Gasteiger partial charge in [-0.2, -0.15) is 5.26 Å². The quantitative estimate of drug-likeness (QED) is 0.508. The summed E-state index contributed by atoms with van der Waals surface area (Å²) in [6.07, 6.45) is -0.284. The van der Waals surface area contributed by atoms with Gasteiger partial charge in [-0.05, 0) is 61.3 Å². The number of nitriles is 1. The fourth-order valence-corrected chi connectivity index (χ4v) is 2.52. The summed E-state index contributed by atoms with van der Waals surface area (Å²) in [7, 11) is 1.68. The molecule has 136 valence electrons. The Bertz CT molecular complexity index is 742. The fourth-order valence-electron chi connectivity index (χ4n) is 2.52. The van der Waals surface area contributed by atoms with Crippen molar-refractivity contribution in [3.63, 3.8) is 0 Å². The van der Waals surface area contributed by atoms with Crippen LogP contribution in [0.15, 0.2) is 42.5 Å². The molecular weight excluding hydrogens is 329 g/mol. The first kappa shape index (κ1) is 20.0. The second-order valence-electron chi connectivity index (χ2n) is 5.81. The molecule has 2 aromatic rings. The molecule has 0 aliphatic heterocycles. The van der Waals surface area contributed by atoms with Gasteiger partial charge >= 0.3 is 6.92 Å². The average molecular weight is 353 g/mol. The molecule has 5 nitrogen and oxygen atoms in total. The van der Waals surface area contributed by atoms with Crippen molar-refractivity contribution in [2.24, 2.45) is 0 Å². The number of ether oxygens (including phenoxy) is 3. The van der Waals surface area contributed by atoms with E-state index < -0.39 is 0 Å². The third-order valence-electron chi connectivity index (χ3n) is 4.00. The van der Waals surface area contributed by atoms with Crippen molar-refractivity contribution in [2.75, 3.05) is 13.7 Å². The van der Waals surface area contributed by atoms with Crippen LogP contribution in [0.5, 0.6) is 11.5 Å². The minimum absolute atomic E-state index is 0.0556. The highest BCUT2D eigenvalue weighted by atomic mass is 16.7. The lowest BCUT2D eigenvalue weighted by Crippen LogP contribution is -2.32. The lowest BCUT2D eigenvalue weighted by atomic mass is 9.62. The van der Waals surface area contributed by atoms with E-state index in [2.05, 4.69) is 6.07 Å². The maximum Gasteiger partial charge on any atom is 0.323 e. The van der Waals surface area contributed by atoms with E-state index in [0.717, 1.165) is 11.0 Å². The van der Waals surface area contributed by atoms with E-state index in [1.54, 1.807) is 31.4 Å². The van der Waals surface area contributed by atoms with E-state index in [0.29, 0.717) is 30.3 Å². The predicted molar refractivity (Wildman–Crippen MR) is 102 cm³/mol. The minimum atomic E-state index is -0.284. The van der Waals surface area contributed by atoms with Crippen LogP contribution in [0.1, 0.15) is 25.0 Å². The van der Waals surface area contributed by atoms with Crippen LogP contribution in [0.3, 0.4) is 0 Å². The summed E-state index contributed by atoms with van der Waals surface area (Å²) in [5.74, 6) is 1.37. The van der Waals surface area contributed by atoms with E-state index in [-0.39, 0.29) is 13.2 Å². The van der Waals surface area contributed by atoms with E-state index in [9.17, 15) is 0 Å². The Labute approximate surface area is 155 Å². The summed E-state index contributed by atoms with van der Waals surface area (Å²) in [5.41, 5.74) is 2.63. The Balaban J connectivity index is 2.19. The number of rotatable bonds is 9. The van der Waals surface area contributed by atoms with Crippen molar-refractivity contribution in [3.8, 4) is 17.6 Å². The van der Waals surface area contributed by atoms with Crippen molar-refractivity contribution in [1.82, 2.24) is 0 Å². The van der Waals surface area contributed by atoms with Crippen molar-refractivity contribution in [3.05, 3.63) is 53.6 Å². The number of nitrogens with zero attached hydrogens (tertiary/aromatic N) is 1. The van der Waals surface area contributed by atoms with Gasteiger partial charge in [-0.3, -0.25) is 0 Å². The maximum atomic E-state index is 8.88. The van der Waals surface area contributed by atoms with Gasteiger partial charge in [0.1, 0.15) is 11.5 Å². The Morgan fingerprint density at radius 1 is 1.08 bits per heavy atom. The fraction of sp³-hybridized carbons (Fsp3) is 0.350. The molecule has 0 fully saturated rings. The molecular formula is C20H24BNO4. The molecule has 0 radical (unpaired) electrons. The highest BCUT2D eigenvalue weighted by Crippen LogP contribution is 2.23. The first-order valence-corrected chi connectivity index (χ1v) is 8.64. The lowest BCUT2D eigenvalue weighted by molar-refractivity contribution is -0.134. The molecule has 1 atom stereocenters. The second-order valence-corrected chi connectivity index (χ2v) is 5.81. The van der Waals surface area contributed by atoms with E-state index in [4.69, 9.17) is 24.1 Å². The van der Waals surface area contributed by atoms with Gasteiger partial charge in [0, 0.05) is 13.7 Å². The Morgan fingerprint density at radius 2 is 1.77 bits per heavy atom. The monoisotopic (exact) mass is 353 g/mol. The molecule has 0 aliphatic carbocycles. The van der Waals surface area contributed by atoms with Gasteiger partial charge in [0.05, 0.1) is 18.2 Å². The zero-order valence-electron chi connectivity index (χ0n) is 15.7. The van der Waals surface area contributed by atoms with Crippen molar-refractivity contribution in [1.29, 1.82) is 5.26 Å². The highest BCUT2D eigenvalue weighted by Gasteiger charge is 2.17. The molecule has 0 aromatic heterocycles. The Hall–Kier alpha value is -2.33. The largest absolute Gasteiger partial charge is 0.457 e. The Morgan fingerprint density at radius 3 is 2.38 bits per heavy atom. The minimum Gasteiger partial charge on any atom is -0.457 e. The SMILES string of the molecule is CCOC(C)OCc1cc(Oc2ccc(C#N)cc2)ccc1B(C)OC. The van der Waals surface area contributed by atoms with Crippen molar-refractivity contribution < 1.29 is 18.9 Å². The molecule has 0 bridgehead atoms. The van der Waals surface area contributed by atoms with Gasteiger partial charge < -0.3 is 18.9 Å². The standard InChI is InChI=1S/C20H24BNO4/c1-5-24-15(2)25-14-17-12-19(10-11-20(17)21(3)23-4)26-18-8-6-16(13-22)7-9-18/h6-12,15H,5,14H2,1-4H3. The van der Waals surface area contributed by atoms with Crippen LogP contribution in [-0.4, -0.2) is 26.9 Å². The van der Waals surface area contributed by atoms with Crippen molar-refractivity contribution in [2.45, 2.75) is 33.6 Å². The summed E-state index contributed by atoms with van der Waals surface area (Å²) in [4.78, 5) is 0. The van der Waals surface area contributed by atoms with Crippen LogP contribution in [0.25, 0.3) is 0 Å². The third kappa shape index (κ3) is 5.60. The van der Waals surface area contributed by atoms with Gasteiger partial charge in [-0.25, -0.2) is 0 Å². The molecule has 1 unspecified atom stereocenters. The number of hydrogen-bond acceptors (Lipinski definition) is 5. The molecule has 0 heterocycles. The summed E-state index contributed by atoms with van der Waals surface area (Å²) in [6.45, 7) is 6.75. The highest BCUT2D eigenvalue weighted by molar-refractivity contribution is 6.66. The van der Waals surface area contributed by atoms with Crippen LogP contribution < -0.4 is 10.2 Å². The van der Waals surface area contributed by atoms with E-state index in [1.807, 2.05) is 38.9 Å². The molecule has 2 rings (SSSR count). The molecule has 0 N–H and O–H groups in total. The van der Waals surface area contributed by atoms with Gasteiger partial charge in [0.25, 0.3) is 0 Å². The van der Waals surface area contributed by atoms with E-state index in [1.165, 1.54) is 0 Å².